The third-order valence-electron chi connectivity index (χ3n) is 2.93. The molecule has 2 nitrogen and oxygen atoms in total. The van der Waals surface area contributed by atoms with Gasteiger partial charge in [-0.2, -0.15) is 0 Å². The van der Waals surface area contributed by atoms with Gasteiger partial charge in [-0.25, -0.2) is 8.78 Å². The molecule has 4 heteroatoms. The van der Waals surface area contributed by atoms with Crippen LogP contribution in [0.5, 0.6) is 0 Å². The molecular formula is C13H15F2NO. The lowest BCUT2D eigenvalue weighted by atomic mass is 9.87. The van der Waals surface area contributed by atoms with E-state index < -0.39 is 6.43 Å². The molecule has 0 unspecified atom stereocenters. The Labute approximate surface area is 99.3 Å². The normalized spacial score (nSPS) is 16.4. The Morgan fingerprint density at radius 3 is 2.88 bits per heavy atom. The highest BCUT2D eigenvalue weighted by Gasteiger charge is 2.14. The zero-order valence-corrected chi connectivity index (χ0v) is 9.48. The first kappa shape index (κ1) is 12.0. The molecule has 17 heavy (non-hydrogen) atoms. The monoisotopic (exact) mass is 239 g/mol. The summed E-state index contributed by atoms with van der Waals surface area (Å²) in [5, 5.41) is 3.85. The van der Waals surface area contributed by atoms with Crippen LogP contribution in [0.25, 0.3) is 0 Å². The Balaban J connectivity index is 1.81. The van der Waals surface area contributed by atoms with Crippen LogP contribution in [0, 0.1) is 5.92 Å². The Hall–Kier alpha value is -1.45. The highest BCUT2D eigenvalue weighted by Crippen LogP contribution is 2.24. The average Bonchev–Trinajstić information content (AvgIpc) is 2.27. The molecule has 92 valence electrons. The van der Waals surface area contributed by atoms with Crippen molar-refractivity contribution in [1.29, 1.82) is 0 Å². The smallest absolute Gasteiger partial charge is 0.263 e. The standard InChI is InChI=1S/C13H15F2NO/c14-13(15)12-6-2-5-11(7-12)9-17-16-8-10-3-1-4-10/h2,5-8,10,13H,1,3-4,9H2. The van der Waals surface area contributed by atoms with Gasteiger partial charge in [-0.3, -0.25) is 0 Å². The molecular weight excluding hydrogens is 224 g/mol. The van der Waals surface area contributed by atoms with Crippen LogP contribution >= 0.6 is 0 Å². The van der Waals surface area contributed by atoms with Gasteiger partial charge in [0, 0.05) is 11.8 Å². The Kier molecular flexibility index (Phi) is 4.07. The predicted molar refractivity (Wildman–Crippen MR) is 62.0 cm³/mol. The first-order valence-electron chi connectivity index (χ1n) is 5.78. The molecule has 0 radical (unpaired) electrons. The molecule has 1 aliphatic carbocycles. The number of benzene rings is 1. The minimum Gasteiger partial charge on any atom is -0.391 e. The lowest BCUT2D eigenvalue weighted by Crippen LogP contribution is -2.11. The van der Waals surface area contributed by atoms with Gasteiger partial charge in [0.15, 0.2) is 0 Å². The molecule has 0 heterocycles. The lowest BCUT2D eigenvalue weighted by Gasteiger charge is -2.19. The summed E-state index contributed by atoms with van der Waals surface area (Å²) < 4.78 is 24.8. The number of nitrogens with zero attached hydrogens (tertiary/aromatic N) is 1. The summed E-state index contributed by atoms with van der Waals surface area (Å²) in [5.41, 5.74) is 0.739. The molecule has 0 aliphatic heterocycles. The van der Waals surface area contributed by atoms with Crippen molar-refractivity contribution in [3.05, 3.63) is 35.4 Å². The van der Waals surface area contributed by atoms with Gasteiger partial charge in [0.25, 0.3) is 6.43 Å². The minimum absolute atomic E-state index is 0.0223. The van der Waals surface area contributed by atoms with Crippen LogP contribution < -0.4 is 0 Å². The molecule has 1 fully saturated rings. The summed E-state index contributed by atoms with van der Waals surface area (Å²) in [6.45, 7) is 0.240. The van der Waals surface area contributed by atoms with Gasteiger partial charge in [-0.1, -0.05) is 29.8 Å². The fourth-order valence-electron chi connectivity index (χ4n) is 1.65. The molecule has 0 aromatic heterocycles. The zero-order valence-electron chi connectivity index (χ0n) is 9.48. The second kappa shape index (κ2) is 5.75. The first-order valence-corrected chi connectivity index (χ1v) is 5.78. The summed E-state index contributed by atoms with van der Waals surface area (Å²) in [7, 11) is 0. The Morgan fingerprint density at radius 2 is 2.24 bits per heavy atom. The van der Waals surface area contributed by atoms with Crippen LogP contribution in [0.3, 0.4) is 0 Å². The quantitative estimate of drug-likeness (QED) is 0.563. The second-order valence-corrected chi connectivity index (χ2v) is 4.26. The fraction of sp³-hybridized carbons (Fsp3) is 0.462. The number of hydrogen-bond acceptors (Lipinski definition) is 2. The van der Waals surface area contributed by atoms with E-state index in [0.29, 0.717) is 11.5 Å². The van der Waals surface area contributed by atoms with Crippen molar-refractivity contribution < 1.29 is 13.6 Å². The summed E-state index contributed by atoms with van der Waals surface area (Å²) in [4.78, 5) is 5.09. The molecule has 0 spiro atoms. The number of oxime groups is 1. The Morgan fingerprint density at radius 1 is 1.41 bits per heavy atom. The van der Waals surface area contributed by atoms with E-state index in [1.54, 1.807) is 18.3 Å². The van der Waals surface area contributed by atoms with Crippen LogP contribution in [0.4, 0.5) is 8.78 Å². The highest BCUT2D eigenvalue weighted by molar-refractivity contribution is 5.60. The summed E-state index contributed by atoms with van der Waals surface area (Å²) in [6, 6.07) is 6.22. The molecule has 1 aromatic carbocycles. The molecule has 0 saturated heterocycles. The van der Waals surface area contributed by atoms with E-state index in [9.17, 15) is 8.78 Å². The highest BCUT2D eigenvalue weighted by atomic mass is 19.3. The summed E-state index contributed by atoms with van der Waals surface area (Å²) in [6.07, 6.45) is 2.98. The molecule has 1 aromatic rings. The fourth-order valence-corrected chi connectivity index (χ4v) is 1.65. The summed E-state index contributed by atoms with van der Waals surface area (Å²) >= 11 is 0. The van der Waals surface area contributed by atoms with E-state index in [1.807, 2.05) is 0 Å². The van der Waals surface area contributed by atoms with Crippen molar-refractivity contribution in [2.45, 2.75) is 32.3 Å². The first-order chi connectivity index (χ1) is 8.25. The van der Waals surface area contributed by atoms with Gasteiger partial charge < -0.3 is 4.84 Å². The van der Waals surface area contributed by atoms with Gasteiger partial charge in [0.05, 0.1) is 0 Å². The third-order valence-corrected chi connectivity index (χ3v) is 2.93. The van der Waals surface area contributed by atoms with Gasteiger partial charge in [0.1, 0.15) is 6.61 Å². The number of alkyl halides is 2. The van der Waals surface area contributed by atoms with Crippen LogP contribution in [-0.4, -0.2) is 6.21 Å². The number of rotatable bonds is 5. The van der Waals surface area contributed by atoms with Crippen LogP contribution in [0.15, 0.2) is 29.4 Å². The van der Waals surface area contributed by atoms with E-state index in [-0.39, 0.29) is 12.2 Å². The van der Waals surface area contributed by atoms with E-state index in [0.717, 1.165) is 0 Å². The molecule has 1 saturated carbocycles. The second-order valence-electron chi connectivity index (χ2n) is 4.26. The third kappa shape index (κ3) is 3.51. The van der Waals surface area contributed by atoms with Crippen LogP contribution in [-0.2, 0) is 11.4 Å². The van der Waals surface area contributed by atoms with Crippen molar-refractivity contribution in [2.75, 3.05) is 0 Å². The minimum atomic E-state index is -2.44. The van der Waals surface area contributed by atoms with E-state index >= 15 is 0 Å². The number of hydrogen-bond donors (Lipinski definition) is 0. The van der Waals surface area contributed by atoms with Crippen molar-refractivity contribution >= 4 is 6.21 Å². The van der Waals surface area contributed by atoms with Crippen molar-refractivity contribution in [1.82, 2.24) is 0 Å². The van der Waals surface area contributed by atoms with Gasteiger partial charge >= 0.3 is 0 Å². The maximum Gasteiger partial charge on any atom is 0.263 e. The Bertz CT molecular complexity index is 389. The predicted octanol–water partition coefficient (Wildman–Crippen LogP) is 3.93. The van der Waals surface area contributed by atoms with E-state index in [1.165, 1.54) is 31.4 Å². The van der Waals surface area contributed by atoms with Crippen molar-refractivity contribution in [2.24, 2.45) is 11.1 Å². The molecule has 0 bridgehead atoms. The largest absolute Gasteiger partial charge is 0.391 e. The molecule has 2 rings (SSSR count). The zero-order chi connectivity index (χ0) is 12.1. The number of halogens is 2. The molecule has 0 N–H and O–H groups in total. The van der Waals surface area contributed by atoms with Gasteiger partial charge in [-0.15, -0.1) is 0 Å². The maximum atomic E-state index is 12.4. The molecule has 0 atom stereocenters. The van der Waals surface area contributed by atoms with E-state index in [4.69, 9.17) is 4.84 Å². The summed E-state index contributed by atoms with van der Waals surface area (Å²) in [5.74, 6) is 0.544. The van der Waals surface area contributed by atoms with Crippen molar-refractivity contribution in [3.63, 3.8) is 0 Å². The van der Waals surface area contributed by atoms with Crippen LogP contribution in [0.2, 0.25) is 0 Å². The maximum absolute atomic E-state index is 12.4. The van der Waals surface area contributed by atoms with Crippen molar-refractivity contribution in [3.8, 4) is 0 Å². The molecule has 1 aliphatic rings. The van der Waals surface area contributed by atoms with E-state index in [2.05, 4.69) is 5.16 Å². The molecule has 0 amide bonds. The SMILES string of the molecule is FC(F)c1cccc(CON=CC2CCC2)c1. The topological polar surface area (TPSA) is 21.6 Å². The lowest BCUT2D eigenvalue weighted by molar-refractivity contribution is 0.128. The van der Waals surface area contributed by atoms with Crippen LogP contribution in [0.1, 0.15) is 36.8 Å². The van der Waals surface area contributed by atoms with Gasteiger partial charge in [0.2, 0.25) is 0 Å². The van der Waals surface area contributed by atoms with Gasteiger partial charge in [-0.05, 0) is 30.4 Å². The average molecular weight is 239 g/mol.